The second kappa shape index (κ2) is 6.89. The number of anilines is 2. The molecule has 25 heavy (non-hydrogen) atoms. The Bertz CT molecular complexity index is 947. The van der Waals surface area contributed by atoms with Gasteiger partial charge < -0.3 is 15.8 Å². The molecule has 130 valence electrons. The fourth-order valence-electron chi connectivity index (χ4n) is 2.34. The van der Waals surface area contributed by atoms with Crippen LogP contribution in [0, 0.1) is 6.92 Å². The van der Waals surface area contributed by atoms with Crippen LogP contribution in [0.3, 0.4) is 0 Å². The van der Waals surface area contributed by atoms with Gasteiger partial charge in [0.1, 0.15) is 11.4 Å². The zero-order chi connectivity index (χ0) is 18.0. The van der Waals surface area contributed by atoms with Crippen LogP contribution in [0.1, 0.15) is 22.3 Å². The van der Waals surface area contributed by atoms with E-state index in [1.54, 1.807) is 36.9 Å². The third kappa shape index (κ3) is 3.61. The van der Waals surface area contributed by atoms with Gasteiger partial charge in [-0.1, -0.05) is 11.3 Å². The first-order valence-corrected chi connectivity index (χ1v) is 8.45. The summed E-state index contributed by atoms with van der Waals surface area (Å²) in [4.78, 5) is 28.7. The number of aromatic nitrogens is 3. The van der Waals surface area contributed by atoms with E-state index in [2.05, 4.69) is 15.4 Å². The molecule has 3 N–H and O–H groups in total. The van der Waals surface area contributed by atoms with Gasteiger partial charge in [0.25, 0.3) is 0 Å². The SMILES string of the molecule is CCOC(=O)c1sc(NC(=O)Cn2ncc3ccc(N)cc32)nc1C. The number of nitrogens with one attached hydrogen (secondary N) is 1. The van der Waals surface area contributed by atoms with Gasteiger partial charge in [-0.25, -0.2) is 9.78 Å². The summed E-state index contributed by atoms with van der Waals surface area (Å²) in [5, 5.41) is 8.14. The maximum atomic E-state index is 12.3. The lowest BCUT2D eigenvalue weighted by atomic mass is 10.2. The molecule has 0 fully saturated rings. The molecule has 0 saturated carbocycles. The normalized spacial score (nSPS) is 10.8. The van der Waals surface area contributed by atoms with Gasteiger partial charge in [-0.3, -0.25) is 9.48 Å². The average molecular weight is 359 g/mol. The minimum absolute atomic E-state index is 0.0142. The highest BCUT2D eigenvalue weighted by Crippen LogP contribution is 2.23. The lowest BCUT2D eigenvalue weighted by molar-refractivity contribution is -0.116. The summed E-state index contributed by atoms with van der Waals surface area (Å²) in [5.74, 6) is -0.733. The van der Waals surface area contributed by atoms with E-state index in [4.69, 9.17) is 10.5 Å². The standard InChI is InChI=1S/C16H17N5O3S/c1-3-24-15(23)14-9(2)19-16(25-14)20-13(22)8-21-12-6-11(17)5-4-10(12)7-18-21/h4-7H,3,8,17H2,1-2H3,(H,19,20,22). The van der Waals surface area contributed by atoms with E-state index in [0.29, 0.717) is 21.4 Å². The van der Waals surface area contributed by atoms with Gasteiger partial charge in [-0.05, 0) is 32.0 Å². The lowest BCUT2D eigenvalue weighted by Gasteiger charge is -2.04. The van der Waals surface area contributed by atoms with Crippen LogP contribution in [-0.4, -0.2) is 33.2 Å². The molecule has 1 aromatic carbocycles. The molecule has 0 spiro atoms. The summed E-state index contributed by atoms with van der Waals surface area (Å²) in [5.41, 5.74) is 7.69. The molecule has 0 saturated heterocycles. The van der Waals surface area contributed by atoms with Gasteiger partial charge in [0.05, 0.1) is 24.0 Å². The van der Waals surface area contributed by atoms with Gasteiger partial charge in [-0.15, -0.1) is 0 Å². The summed E-state index contributed by atoms with van der Waals surface area (Å²) in [6.07, 6.45) is 1.68. The molecule has 0 aliphatic heterocycles. The van der Waals surface area contributed by atoms with Crippen molar-refractivity contribution in [2.75, 3.05) is 17.7 Å². The predicted molar refractivity (Wildman–Crippen MR) is 95.6 cm³/mol. The second-order valence-corrected chi connectivity index (χ2v) is 6.32. The number of carbonyl (C=O) groups is 2. The molecule has 2 heterocycles. The Balaban J connectivity index is 1.73. The van der Waals surface area contributed by atoms with Crippen molar-refractivity contribution in [3.63, 3.8) is 0 Å². The first-order chi connectivity index (χ1) is 12.0. The quantitative estimate of drug-likeness (QED) is 0.533. The van der Waals surface area contributed by atoms with E-state index in [-0.39, 0.29) is 19.1 Å². The van der Waals surface area contributed by atoms with E-state index in [9.17, 15) is 9.59 Å². The molecule has 9 heteroatoms. The number of nitrogens with two attached hydrogens (primary N) is 1. The summed E-state index contributed by atoms with van der Waals surface area (Å²) in [7, 11) is 0. The van der Waals surface area contributed by atoms with Gasteiger partial charge >= 0.3 is 5.97 Å². The number of nitrogens with zero attached hydrogens (tertiary/aromatic N) is 3. The number of nitrogen functional groups attached to an aromatic ring is 1. The highest BCUT2D eigenvalue weighted by molar-refractivity contribution is 7.17. The predicted octanol–water partition coefficient (Wildman–Crippen LogP) is 2.20. The molecule has 0 aliphatic rings. The Morgan fingerprint density at radius 3 is 2.96 bits per heavy atom. The number of amides is 1. The number of rotatable bonds is 5. The number of fused-ring (bicyclic) bond motifs is 1. The molecular formula is C16H17N5O3S. The largest absolute Gasteiger partial charge is 0.462 e. The molecule has 3 aromatic rings. The van der Waals surface area contributed by atoms with Crippen LogP contribution >= 0.6 is 11.3 Å². The summed E-state index contributed by atoms with van der Waals surface area (Å²) in [6, 6.07) is 5.40. The molecule has 0 atom stereocenters. The average Bonchev–Trinajstić information content (AvgIpc) is 3.11. The van der Waals surface area contributed by atoms with Gasteiger partial charge in [0, 0.05) is 11.1 Å². The van der Waals surface area contributed by atoms with Crippen LogP contribution in [0.15, 0.2) is 24.4 Å². The Morgan fingerprint density at radius 2 is 2.20 bits per heavy atom. The van der Waals surface area contributed by atoms with E-state index in [1.807, 2.05) is 6.07 Å². The van der Waals surface area contributed by atoms with Crippen molar-refractivity contribution in [1.82, 2.24) is 14.8 Å². The monoisotopic (exact) mass is 359 g/mol. The van der Waals surface area contributed by atoms with Crippen molar-refractivity contribution in [1.29, 1.82) is 0 Å². The van der Waals surface area contributed by atoms with E-state index in [0.717, 1.165) is 22.2 Å². The van der Waals surface area contributed by atoms with Gasteiger partial charge in [-0.2, -0.15) is 5.10 Å². The summed E-state index contributed by atoms with van der Waals surface area (Å²) >= 11 is 1.09. The number of carbonyl (C=O) groups excluding carboxylic acids is 2. The molecule has 0 unspecified atom stereocenters. The molecule has 8 nitrogen and oxygen atoms in total. The maximum absolute atomic E-state index is 12.3. The first kappa shape index (κ1) is 16.9. The molecule has 0 aliphatic carbocycles. The minimum atomic E-state index is -0.438. The van der Waals surface area contributed by atoms with E-state index < -0.39 is 5.97 Å². The van der Waals surface area contributed by atoms with E-state index >= 15 is 0 Å². The minimum Gasteiger partial charge on any atom is -0.462 e. The molecule has 0 radical (unpaired) electrons. The van der Waals surface area contributed by atoms with Crippen molar-refractivity contribution >= 4 is 44.9 Å². The number of ether oxygens (including phenoxy) is 1. The van der Waals surface area contributed by atoms with Crippen LogP contribution in [0.5, 0.6) is 0 Å². The topological polar surface area (TPSA) is 112 Å². The Kier molecular flexibility index (Phi) is 4.66. The van der Waals surface area contributed by atoms with Crippen molar-refractivity contribution in [2.45, 2.75) is 20.4 Å². The fourth-order valence-corrected chi connectivity index (χ4v) is 3.22. The second-order valence-electron chi connectivity index (χ2n) is 5.32. The molecule has 0 bridgehead atoms. The number of hydrogen-bond donors (Lipinski definition) is 2. The van der Waals surface area contributed by atoms with Crippen molar-refractivity contribution in [3.05, 3.63) is 35.0 Å². The zero-order valence-corrected chi connectivity index (χ0v) is 14.6. The number of esters is 1. The summed E-state index contributed by atoms with van der Waals surface area (Å²) in [6.45, 7) is 3.73. The van der Waals surface area contributed by atoms with Crippen LogP contribution in [0.2, 0.25) is 0 Å². The van der Waals surface area contributed by atoms with Crippen LogP contribution in [0.25, 0.3) is 10.9 Å². The zero-order valence-electron chi connectivity index (χ0n) is 13.8. The highest BCUT2D eigenvalue weighted by Gasteiger charge is 2.18. The highest BCUT2D eigenvalue weighted by atomic mass is 32.1. The number of benzene rings is 1. The first-order valence-electron chi connectivity index (χ1n) is 7.63. The van der Waals surface area contributed by atoms with Crippen molar-refractivity contribution < 1.29 is 14.3 Å². The number of hydrogen-bond acceptors (Lipinski definition) is 7. The van der Waals surface area contributed by atoms with Crippen LogP contribution in [-0.2, 0) is 16.1 Å². The van der Waals surface area contributed by atoms with Crippen molar-refractivity contribution in [2.24, 2.45) is 0 Å². The Hall–Kier alpha value is -2.94. The molecule has 1 amide bonds. The van der Waals surface area contributed by atoms with Gasteiger partial charge in [0.15, 0.2) is 5.13 Å². The van der Waals surface area contributed by atoms with Gasteiger partial charge in [0.2, 0.25) is 5.91 Å². The van der Waals surface area contributed by atoms with Crippen molar-refractivity contribution in [3.8, 4) is 0 Å². The third-order valence-corrected chi connectivity index (χ3v) is 4.52. The maximum Gasteiger partial charge on any atom is 0.350 e. The molecule has 2 aromatic heterocycles. The molecular weight excluding hydrogens is 342 g/mol. The Morgan fingerprint density at radius 1 is 1.40 bits per heavy atom. The number of aryl methyl sites for hydroxylation is 1. The van der Waals surface area contributed by atoms with Crippen LogP contribution < -0.4 is 11.1 Å². The van der Waals surface area contributed by atoms with Crippen LogP contribution in [0.4, 0.5) is 10.8 Å². The fraction of sp³-hybridized carbons (Fsp3) is 0.250. The number of thiazole rings is 1. The molecule has 3 rings (SSSR count). The Labute approximate surface area is 147 Å². The lowest BCUT2D eigenvalue weighted by Crippen LogP contribution is -2.19. The summed E-state index contributed by atoms with van der Waals surface area (Å²) < 4.78 is 6.53. The van der Waals surface area contributed by atoms with E-state index in [1.165, 1.54) is 0 Å². The third-order valence-electron chi connectivity index (χ3n) is 3.47. The smallest absolute Gasteiger partial charge is 0.350 e.